The predicted octanol–water partition coefficient (Wildman–Crippen LogP) is 2.04. The lowest BCUT2D eigenvalue weighted by Gasteiger charge is -2.21. The fraction of sp³-hybridized carbons (Fsp3) is 0.786. The Balaban J connectivity index is 2.05. The molecule has 1 aliphatic carbocycles. The second kappa shape index (κ2) is 9.34. The largest absolute Gasteiger partial charge is 0.481 e. The minimum atomic E-state index is -0.865. The first-order chi connectivity index (χ1) is 9.58. The number of rotatable bonds is 7. The van der Waals surface area contributed by atoms with E-state index in [1.165, 1.54) is 19.3 Å². The van der Waals surface area contributed by atoms with Gasteiger partial charge in [0.05, 0.1) is 0 Å². The maximum atomic E-state index is 11.5. The molecule has 20 heavy (non-hydrogen) atoms. The molecule has 0 saturated heterocycles. The van der Waals surface area contributed by atoms with E-state index in [-0.39, 0.29) is 18.7 Å². The maximum Gasteiger partial charge on any atom is 0.321 e. The number of carboxylic acids is 1. The average molecular weight is 284 g/mol. The van der Waals surface area contributed by atoms with Crippen LogP contribution < -0.4 is 10.6 Å². The number of unbranched alkanes of at least 4 members (excludes halogenated alkanes) is 1. The van der Waals surface area contributed by atoms with E-state index in [1.807, 2.05) is 0 Å². The SMILES string of the molecule is O=C(O)CCCCC(=O)NC(=O)NCC1CCCCC1. The van der Waals surface area contributed by atoms with Crippen LogP contribution in [0, 0.1) is 5.92 Å². The quantitative estimate of drug-likeness (QED) is 0.623. The van der Waals surface area contributed by atoms with E-state index in [4.69, 9.17) is 5.11 Å². The summed E-state index contributed by atoms with van der Waals surface area (Å²) >= 11 is 0. The van der Waals surface area contributed by atoms with E-state index in [9.17, 15) is 14.4 Å². The molecule has 0 bridgehead atoms. The van der Waals surface area contributed by atoms with Crippen molar-refractivity contribution in [3.05, 3.63) is 0 Å². The lowest BCUT2D eigenvalue weighted by atomic mass is 9.89. The van der Waals surface area contributed by atoms with Crippen LogP contribution in [-0.2, 0) is 9.59 Å². The van der Waals surface area contributed by atoms with Gasteiger partial charge in [-0.15, -0.1) is 0 Å². The Bertz CT molecular complexity index is 338. The van der Waals surface area contributed by atoms with Crippen LogP contribution in [0.4, 0.5) is 4.79 Å². The second-order valence-electron chi connectivity index (χ2n) is 5.36. The Kier molecular flexibility index (Phi) is 7.69. The third-order valence-electron chi connectivity index (χ3n) is 3.57. The van der Waals surface area contributed by atoms with Gasteiger partial charge in [0.2, 0.25) is 5.91 Å². The number of imide groups is 1. The van der Waals surface area contributed by atoms with Gasteiger partial charge >= 0.3 is 12.0 Å². The fourth-order valence-corrected chi connectivity index (χ4v) is 2.42. The molecule has 6 nitrogen and oxygen atoms in total. The molecule has 1 saturated carbocycles. The van der Waals surface area contributed by atoms with Gasteiger partial charge in [-0.2, -0.15) is 0 Å². The van der Waals surface area contributed by atoms with Crippen LogP contribution >= 0.6 is 0 Å². The monoisotopic (exact) mass is 284 g/mol. The molecule has 0 atom stereocenters. The molecule has 3 N–H and O–H groups in total. The van der Waals surface area contributed by atoms with Crippen molar-refractivity contribution in [1.82, 2.24) is 10.6 Å². The summed E-state index contributed by atoms with van der Waals surface area (Å²) in [5.41, 5.74) is 0. The number of hydrogen-bond donors (Lipinski definition) is 3. The third kappa shape index (κ3) is 7.76. The first-order valence-corrected chi connectivity index (χ1v) is 7.37. The maximum absolute atomic E-state index is 11.5. The fourth-order valence-electron chi connectivity index (χ4n) is 2.42. The number of carbonyl (C=O) groups is 3. The summed E-state index contributed by atoms with van der Waals surface area (Å²) in [7, 11) is 0. The number of urea groups is 1. The summed E-state index contributed by atoms with van der Waals surface area (Å²) < 4.78 is 0. The Labute approximate surface area is 119 Å². The molecule has 0 aromatic rings. The van der Waals surface area contributed by atoms with Crippen molar-refractivity contribution in [2.24, 2.45) is 5.92 Å². The highest BCUT2D eigenvalue weighted by Gasteiger charge is 2.15. The molecule has 0 unspecified atom stereocenters. The van der Waals surface area contributed by atoms with Gasteiger partial charge in [-0.3, -0.25) is 14.9 Å². The number of aliphatic carboxylic acids is 1. The van der Waals surface area contributed by atoms with Gasteiger partial charge in [-0.25, -0.2) is 4.79 Å². The topological polar surface area (TPSA) is 95.5 Å². The van der Waals surface area contributed by atoms with Gasteiger partial charge in [-0.05, 0) is 31.6 Å². The molecular formula is C14H24N2O4. The van der Waals surface area contributed by atoms with Crippen LogP contribution in [0.3, 0.4) is 0 Å². The molecule has 0 aromatic heterocycles. The second-order valence-corrected chi connectivity index (χ2v) is 5.36. The highest BCUT2D eigenvalue weighted by atomic mass is 16.4. The van der Waals surface area contributed by atoms with Crippen LogP contribution in [0.1, 0.15) is 57.8 Å². The minimum absolute atomic E-state index is 0.0567. The van der Waals surface area contributed by atoms with Crippen LogP contribution in [0.2, 0.25) is 0 Å². The van der Waals surface area contributed by atoms with E-state index in [0.29, 0.717) is 25.3 Å². The Morgan fingerprint density at radius 3 is 2.30 bits per heavy atom. The van der Waals surface area contributed by atoms with Gasteiger partial charge in [-0.1, -0.05) is 19.3 Å². The van der Waals surface area contributed by atoms with E-state index in [2.05, 4.69) is 10.6 Å². The summed E-state index contributed by atoms with van der Waals surface area (Å²) in [5, 5.41) is 13.5. The van der Waals surface area contributed by atoms with E-state index in [0.717, 1.165) is 12.8 Å². The van der Waals surface area contributed by atoms with Crippen molar-refractivity contribution in [2.45, 2.75) is 57.8 Å². The lowest BCUT2D eigenvalue weighted by Crippen LogP contribution is -2.41. The molecule has 114 valence electrons. The smallest absolute Gasteiger partial charge is 0.321 e. The zero-order valence-electron chi connectivity index (χ0n) is 11.8. The minimum Gasteiger partial charge on any atom is -0.481 e. The summed E-state index contributed by atoms with van der Waals surface area (Å²) in [6.07, 6.45) is 7.17. The zero-order chi connectivity index (χ0) is 14.8. The Hall–Kier alpha value is -1.59. The van der Waals surface area contributed by atoms with Gasteiger partial charge in [0, 0.05) is 19.4 Å². The average Bonchev–Trinajstić information content (AvgIpc) is 2.42. The van der Waals surface area contributed by atoms with Crippen molar-refractivity contribution in [2.75, 3.05) is 6.54 Å². The molecule has 0 heterocycles. The van der Waals surface area contributed by atoms with E-state index in [1.54, 1.807) is 0 Å². The summed E-state index contributed by atoms with van der Waals surface area (Å²) in [6, 6.07) is -0.446. The highest BCUT2D eigenvalue weighted by molar-refractivity contribution is 5.94. The van der Waals surface area contributed by atoms with Crippen LogP contribution in [0.5, 0.6) is 0 Å². The lowest BCUT2D eigenvalue weighted by molar-refractivity contribution is -0.137. The van der Waals surface area contributed by atoms with E-state index >= 15 is 0 Å². The first-order valence-electron chi connectivity index (χ1n) is 7.37. The third-order valence-corrected chi connectivity index (χ3v) is 3.57. The molecule has 0 aromatic carbocycles. The normalized spacial score (nSPS) is 15.6. The van der Waals surface area contributed by atoms with E-state index < -0.39 is 12.0 Å². The molecule has 0 aliphatic heterocycles. The van der Waals surface area contributed by atoms with Crippen LogP contribution in [0.25, 0.3) is 0 Å². The molecule has 1 fully saturated rings. The summed E-state index contributed by atoms with van der Waals surface area (Å²) in [6.45, 7) is 0.623. The van der Waals surface area contributed by atoms with Crippen LogP contribution in [0.15, 0.2) is 0 Å². The number of carbonyl (C=O) groups excluding carboxylic acids is 2. The molecule has 3 amide bonds. The van der Waals surface area contributed by atoms with Crippen molar-refractivity contribution in [1.29, 1.82) is 0 Å². The molecule has 6 heteroatoms. The summed E-state index contributed by atoms with van der Waals surface area (Å²) in [4.78, 5) is 33.2. The van der Waals surface area contributed by atoms with Crippen molar-refractivity contribution < 1.29 is 19.5 Å². The molecular weight excluding hydrogens is 260 g/mol. The predicted molar refractivity (Wildman–Crippen MR) is 74.2 cm³/mol. The molecule has 0 spiro atoms. The first kappa shape index (κ1) is 16.5. The van der Waals surface area contributed by atoms with Gasteiger partial charge in [0.15, 0.2) is 0 Å². The molecule has 1 aliphatic rings. The standard InChI is InChI=1S/C14H24N2O4/c17-12(8-4-5-9-13(18)19)16-14(20)15-10-11-6-2-1-3-7-11/h11H,1-10H2,(H,18,19)(H2,15,16,17,20). The number of amides is 3. The highest BCUT2D eigenvalue weighted by Crippen LogP contribution is 2.22. The Morgan fingerprint density at radius 1 is 1.00 bits per heavy atom. The van der Waals surface area contributed by atoms with Crippen molar-refractivity contribution >= 4 is 17.9 Å². The Morgan fingerprint density at radius 2 is 1.65 bits per heavy atom. The van der Waals surface area contributed by atoms with Gasteiger partial charge in [0.25, 0.3) is 0 Å². The molecule has 1 rings (SSSR count). The zero-order valence-corrected chi connectivity index (χ0v) is 11.8. The van der Waals surface area contributed by atoms with Crippen molar-refractivity contribution in [3.63, 3.8) is 0 Å². The van der Waals surface area contributed by atoms with Crippen LogP contribution in [-0.4, -0.2) is 29.6 Å². The number of nitrogens with one attached hydrogen (secondary N) is 2. The van der Waals surface area contributed by atoms with Gasteiger partial charge in [0.1, 0.15) is 0 Å². The summed E-state index contributed by atoms with van der Waals surface area (Å²) in [5.74, 6) is -0.688. The molecule has 0 radical (unpaired) electrons. The number of hydrogen-bond acceptors (Lipinski definition) is 3. The van der Waals surface area contributed by atoms with Crippen molar-refractivity contribution in [3.8, 4) is 0 Å². The van der Waals surface area contributed by atoms with Gasteiger partial charge < -0.3 is 10.4 Å². The number of carboxylic acid groups (broad SMARTS) is 1.